The third-order valence-corrected chi connectivity index (χ3v) is 3.86. The molecule has 0 bridgehead atoms. The van der Waals surface area contributed by atoms with E-state index in [1.54, 1.807) is 23.1 Å². The smallest absolute Gasteiger partial charge is 0.245 e. The summed E-state index contributed by atoms with van der Waals surface area (Å²) in [5, 5.41) is 8.45. The number of rotatable bonds is 4. The Labute approximate surface area is 133 Å². The van der Waals surface area contributed by atoms with Crippen LogP contribution in [0.4, 0.5) is 0 Å². The molecule has 110 valence electrons. The molecule has 1 aliphatic rings. The van der Waals surface area contributed by atoms with Gasteiger partial charge < -0.3 is 9.64 Å². The Kier molecular flexibility index (Phi) is 5.11. The summed E-state index contributed by atoms with van der Waals surface area (Å²) in [6.07, 6.45) is 2.40. The maximum Gasteiger partial charge on any atom is 0.245 e. The molecule has 1 unspecified atom stereocenters. The van der Waals surface area contributed by atoms with Crippen molar-refractivity contribution in [2.45, 2.75) is 18.7 Å². The lowest BCUT2D eigenvalue weighted by molar-refractivity contribution is -0.127. The highest BCUT2D eigenvalue weighted by molar-refractivity contribution is 6.33. The van der Waals surface area contributed by atoms with Crippen LogP contribution in [-0.4, -0.2) is 29.3 Å². The van der Waals surface area contributed by atoms with Gasteiger partial charge in [0.2, 0.25) is 5.91 Å². The summed E-state index contributed by atoms with van der Waals surface area (Å²) in [7, 11) is 0. The maximum absolute atomic E-state index is 12.1. The Morgan fingerprint density at radius 3 is 2.90 bits per heavy atom. The highest BCUT2D eigenvalue weighted by Crippen LogP contribution is 2.33. The summed E-state index contributed by atoms with van der Waals surface area (Å²) >= 11 is 12.3. The van der Waals surface area contributed by atoms with E-state index >= 15 is 0 Å². The van der Waals surface area contributed by atoms with Gasteiger partial charge in [0.15, 0.2) is 6.61 Å². The predicted molar refractivity (Wildman–Crippen MR) is 82.2 cm³/mol. The zero-order valence-electron chi connectivity index (χ0n) is 11.5. The molecule has 0 radical (unpaired) electrons. The normalized spacial score (nSPS) is 18.2. The molecule has 0 aromatic heterocycles. The third-order valence-electron chi connectivity index (χ3n) is 3.18. The molecule has 6 heteroatoms. The van der Waals surface area contributed by atoms with E-state index in [9.17, 15) is 4.79 Å². The second-order valence-electron chi connectivity index (χ2n) is 4.46. The molecule has 1 atom stereocenters. The SMILES string of the molecule is CCN1C(=O)C(Cl)CC=C1c1ccc(OCC#N)cc1Cl. The van der Waals surface area contributed by atoms with Gasteiger partial charge in [-0.1, -0.05) is 17.7 Å². The van der Waals surface area contributed by atoms with Crippen LogP contribution in [0.2, 0.25) is 5.02 Å². The average molecular weight is 325 g/mol. The van der Waals surface area contributed by atoms with Crippen LogP contribution < -0.4 is 4.74 Å². The summed E-state index contributed by atoms with van der Waals surface area (Å²) in [4.78, 5) is 13.7. The summed E-state index contributed by atoms with van der Waals surface area (Å²) in [6.45, 7) is 2.38. The second kappa shape index (κ2) is 6.84. The first-order valence-corrected chi connectivity index (χ1v) is 7.35. The third kappa shape index (κ3) is 3.31. The van der Waals surface area contributed by atoms with Crippen molar-refractivity contribution >= 4 is 34.8 Å². The van der Waals surface area contributed by atoms with Crippen LogP contribution in [-0.2, 0) is 4.79 Å². The minimum absolute atomic E-state index is 0.0358. The highest BCUT2D eigenvalue weighted by Gasteiger charge is 2.29. The van der Waals surface area contributed by atoms with Crippen molar-refractivity contribution in [3.8, 4) is 11.8 Å². The van der Waals surface area contributed by atoms with Crippen LogP contribution >= 0.6 is 23.2 Å². The van der Waals surface area contributed by atoms with E-state index in [0.717, 1.165) is 11.3 Å². The van der Waals surface area contributed by atoms with Crippen molar-refractivity contribution in [1.82, 2.24) is 4.90 Å². The van der Waals surface area contributed by atoms with E-state index in [1.165, 1.54) is 0 Å². The minimum atomic E-state index is -0.522. The number of hydrogen-bond acceptors (Lipinski definition) is 3. The Hall–Kier alpha value is -1.70. The standard InChI is InChI=1S/C15H14Cl2N2O2/c1-2-19-14(6-5-12(16)15(19)20)11-4-3-10(9-13(11)17)21-8-7-18/h3-4,6,9,12H,2,5,8H2,1H3. The molecule has 1 heterocycles. The Morgan fingerprint density at radius 1 is 1.52 bits per heavy atom. The largest absolute Gasteiger partial charge is 0.479 e. The molecule has 21 heavy (non-hydrogen) atoms. The molecule has 0 aliphatic carbocycles. The monoisotopic (exact) mass is 324 g/mol. The number of nitrogens with zero attached hydrogens (tertiary/aromatic N) is 2. The molecule has 0 N–H and O–H groups in total. The first-order chi connectivity index (χ1) is 10.1. The van der Waals surface area contributed by atoms with E-state index in [1.807, 2.05) is 19.1 Å². The molecular weight excluding hydrogens is 311 g/mol. The Morgan fingerprint density at radius 2 is 2.29 bits per heavy atom. The maximum atomic E-state index is 12.1. The van der Waals surface area contributed by atoms with Gasteiger partial charge in [-0.25, -0.2) is 0 Å². The van der Waals surface area contributed by atoms with Gasteiger partial charge in [-0.05, 0) is 31.5 Å². The summed E-state index contributed by atoms with van der Waals surface area (Å²) in [5.74, 6) is 0.406. The molecule has 0 saturated heterocycles. The molecular formula is C15H14Cl2N2O2. The zero-order valence-corrected chi connectivity index (χ0v) is 13.0. The average Bonchev–Trinajstić information content (AvgIpc) is 2.48. The molecule has 1 aliphatic heterocycles. The van der Waals surface area contributed by atoms with Crippen LogP contribution in [0.5, 0.6) is 5.75 Å². The molecule has 2 rings (SSSR count). The van der Waals surface area contributed by atoms with E-state index < -0.39 is 5.38 Å². The Bertz CT molecular complexity index is 623. The van der Waals surface area contributed by atoms with Gasteiger partial charge in [0, 0.05) is 17.8 Å². The van der Waals surface area contributed by atoms with Crippen molar-refractivity contribution in [3.63, 3.8) is 0 Å². The zero-order chi connectivity index (χ0) is 15.4. The van der Waals surface area contributed by atoms with Crippen LogP contribution in [0.1, 0.15) is 18.9 Å². The number of amides is 1. The number of ether oxygens (including phenoxy) is 1. The fourth-order valence-corrected chi connectivity index (χ4v) is 2.68. The van der Waals surface area contributed by atoms with Crippen molar-refractivity contribution in [2.75, 3.05) is 13.2 Å². The van der Waals surface area contributed by atoms with Crippen LogP contribution in [0.15, 0.2) is 24.3 Å². The fraction of sp³-hybridized carbons (Fsp3) is 0.333. The van der Waals surface area contributed by atoms with E-state index in [2.05, 4.69) is 0 Å². The lowest BCUT2D eigenvalue weighted by atomic mass is 10.0. The number of nitriles is 1. The lowest BCUT2D eigenvalue weighted by Crippen LogP contribution is -2.38. The number of allylic oxidation sites excluding steroid dienone is 1. The van der Waals surface area contributed by atoms with Gasteiger partial charge in [-0.15, -0.1) is 11.6 Å². The second-order valence-corrected chi connectivity index (χ2v) is 5.40. The molecule has 0 fully saturated rings. The van der Waals surface area contributed by atoms with Gasteiger partial charge in [0.25, 0.3) is 0 Å². The predicted octanol–water partition coefficient (Wildman–Crippen LogP) is 3.44. The van der Waals surface area contributed by atoms with Gasteiger partial charge in [0.05, 0.1) is 5.02 Å². The molecule has 0 spiro atoms. The number of alkyl halides is 1. The number of carbonyl (C=O) groups excluding carboxylic acids is 1. The molecule has 1 aromatic rings. The molecule has 1 amide bonds. The summed E-state index contributed by atoms with van der Waals surface area (Å²) in [6, 6.07) is 7.05. The van der Waals surface area contributed by atoms with Gasteiger partial charge in [-0.2, -0.15) is 5.26 Å². The van der Waals surface area contributed by atoms with Crippen molar-refractivity contribution in [2.24, 2.45) is 0 Å². The Balaban J connectivity index is 2.33. The van der Waals surface area contributed by atoms with Crippen molar-refractivity contribution in [1.29, 1.82) is 5.26 Å². The first kappa shape index (κ1) is 15.7. The van der Waals surface area contributed by atoms with Crippen LogP contribution in [0.3, 0.4) is 0 Å². The number of hydrogen-bond donors (Lipinski definition) is 0. The summed E-state index contributed by atoms with van der Waals surface area (Å²) < 4.78 is 5.20. The summed E-state index contributed by atoms with van der Waals surface area (Å²) in [5.41, 5.74) is 1.51. The van der Waals surface area contributed by atoms with Gasteiger partial charge in [0.1, 0.15) is 17.2 Å². The van der Waals surface area contributed by atoms with Crippen molar-refractivity contribution in [3.05, 3.63) is 34.9 Å². The quantitative estimate of drug-likeness (QED) is 0.797. The highest BCUT2D eigenvalue weighted by atomic mass is 35.5. The molecule has 4 nitrogen and oxygen atoms in total. The first-order valence-electron chi connectivity index (χ1n) is 6.53. The fourth-order valence-electron chi connectivity index (χ4n) is 2.20. The van der Waals surface area contributed by atoms with Gasteiger partial charge in [-0.3, -0.25) is 4.79 Å². The topological polar surface area (TPSA) is 53.3 Å². The van der Waals surface area contributed by atoms with Gasteiger partial charge >= 0.3 is 0 Å². The van der Waals surface area contributed by atoms with E-state index in [-0.39, 0.29) is 12.5 Å². The molecule has 1 aromatic carbocycles. The lowest BCUT2D eigenvalue weighted by Gasteiger charge is -2.30. The van der Waals surface area contributed by atoms with Crippen molar-refractivity contribution < 1.29 is 9.53 Å². The molecule has 0 saturated carbocycles. The number of carbonyl (C=O) groups is 1. The minimum Gasteiger partial charge on any atom is -0.479 e. The van der Waals surface area contributed by atoms with E-state index in [0.29, 0.717) is 23.7 Å². The van der Waals surface area contributed by atoms with Crippen LogP contribution in [0.25, 0.3) is 5.70 Å². The van der Waals surface area contributed by atoms with Crippen LogP contribution in [0, 0.1) is 11.3 Å². The number of halogens is 2. The van der Waals surface area contributed by atoms with E-state index in [4.69, 9.17) is 33.2 Å². The number of benzene rings is 1.